The second kappa shape index (κ2) is 4.41. The number of nitrogens with two attached hydrogens (primary N) is 2. The monoisotopic (exact) mass is 242 g/mol. The van der Waals surface area contributed by atoms with E-state index in [2.05, 4.69) is 6.58 Å². The number of nitrogen functional groups attached to an aromatic ring is 2. The van der Waals surface area contributed by atoms with E-state index in [1.807, 2.05) is 12.1 Å². The fourth-order valence-corrected chi connectivity index (χ4v) is 1.69. The van der Waals surface area contributed by atoms with Gasteiger partial charge in [0, 0.05) is 35.1 Å². The van der Waals surface area contributed by atoms with Gasteiger partial charge in [-0.2, -0.15) is 0 Å². The highest BCUT2D eigenvalue weighted by atomic mass is 16.5. The molecule has 2 rings (SSSR count). The molecule has 0 aliphatic rings. The summed E-state index contributed by atoms with van der Waals surface area (Å²) in [5.74, 6) is 0.330. The number of rotatable bonds is 3. The lowest BCUT2D eigenvalue weighted by Crippen LogP contribution is -2.04. The Morgan fingerprint density at radius 3 is 2.61 bits per heavy atom. The van der Waals surface area contributed by atoms with Crippen LogP contribution in [0.1, 0.15) is 6.92 Å². The van der Waals surface area contributed by atoms with Gasteiger partial charge in [0.25, 0.3) is 0 Å². The number of carbonyl (C=O) groups is 1. The number of carbonyl (C=O) groups excluding carboxylic acids is 1. The van der Waals surface area contributed by atoms with Crippen LogP contribution in [0, 0.1) is 0 Å². The predicted molar refractivity (Wildman–Crippen MR) is 73.2 cm³/mol. The summed E-state index contributed by atoms with van der Waals surface area (Å²) in [6.45, 7) is 4.96. The molecule has 0 bridgehead atoms. The van der Waals surface area contributed by atoms with Crippen molar-refractivity contribution in [3.63, 3.8) is 0 Å². The first kappa shape index (κ1) is 12.0. The van der Waals surface area contributed by atoms with Gasteiger partial charge in [-0.25, -0.2) is 0 Å². The third-order valence-corrected chi connectivity index (χ3v) is 2.64. The topological polar surface area (TPSA) is 78.3 Å². The second-order valence-electron chi connectivity index (χ2n) is 4.04. The number of hydrogen-bond donors (Lipinski definition) is 2. The van der Waals surface area contributed by atoms with Crippen LogP contribution in [0.15, 0.2) is 42.7 Å². The zero-order chi connectivity index (χ0) is 13.3. The van der Waals surface area contributed by atoms with E-state index in [0.717, 1.165) is 10.8 Å². The van der Waals surface area contributed by atoms with Crippen molar-refractivity contribution in [2.45, 2.75) is 6.92 Å². The number of allylic oxidation sites excluding steroid dienone is 1. The van der Waals surface area contributed by atoms with Gasteiger partial charge in [0.05, 0.1) is 0 Å². The summed E-state index contributed by atoms with van der Waals surface area (Å²) in [5, 5.41) is 1.59. The molecule has 0 aliphatic carbocycles. The molecule has 92 valence electrons. The number of hydrogen-bond acceptors (Lipinski definition) is 4. The molecule has 0 unspecified atom stereocenters. The minimum absolute atomic E-state index is 0.0734. The predicted octanol–water partition coefficient (Wildman–Crippen LogP) is 2.49. The molecule has 0 aromatic heterocycles. The van der Waals surface area contributed by atoms with Gasteiger partial charge < -0.3 is 16.2 Å². The van der Waals surface area contributed by atoms with Crippen molar-refractivity contribution >= 4 is 27.9 Å². The Morgan fingerprint density at radius 2 is 1.94 bits per heavy atom. The molecule has 0 spiro atoms. The molecule has 0 aliphatic heterocycles. The van der Waals surface area contributed by atoms with Crippen molar-refractivity contribution in [3.05, 3.63) is 42.7 Å². The third kappa shape index (κ3) is 2.13. The van der Waals surface area contributed by atoms with Gasteiger partial charge in [-0.3, -0.25) is 4.79 Å². The van der Waals surface area contributed by atoms with Crippen molar-refractivity contribution in [2.24, 2.45) is 0 Å². The number of benzene rings is 2. The van der Waals surface area contributed by atoms with Crippen LogP contribution in [0.4, 0.5) is 11.4 Å². The molecule has 4 nitrogen and oxygen atoms in total. The van der Waals surface area contributed by atoms with Gasteiger partial charge >= 0.3 is 0 Å². The van der Waals surface area contributed by atoms with Crippen molar-refractivity contribution in [2.75, 3.05) is 11.5 Å². The quantitative estimate of drug-likeness (QED) is 0.492. The zero-order valence-corrected chi connectivity index (χ0v) is 10.1. The molecule has 0 fully saturated rings. The fraction of sp³-hybridized carbons (Fsp3) is 0.0714. The number of anilines is 2. The molecule has 4 heteroatoms. The molecule has 4 N–H and O–H groups in total. The molecule has 0 heterocycles. The standard InChI is InChI=1S/C14H14N2O2/c1-8(17)9(2)18-14-7-10(15)6-12-11(14)4-3-5-13(12)16/h3-7H,2,15-16H2,1H3. The van der Waals surface area contributed by atoms with Crippen LogP contribution in [0.2, 0.25) is 0 Å². The molecule has 0 atom stereocenters. The Kier molecular flexibility index (Phi) is 2.93. The fourth-order valence-electron chi connectivity index (χ4n) is 1.69. The lowest BCUT2D eigenvalue weighted by Gasteiger charge is -2.11. The number of fused-ring (bicyclic) bond motifs is 1. The molecule has 0 saturated carbocycles. The Labute approximate surface area is 105 Å². The summed E-state index contributed by atoms with van der Waals surface area (Å²) < 4.78 is 5.45. The van der Waals surface area contributed by atoms with Gasteiger partial charge in [0.15, 0.2) is 11.5 Å². The van der Waals surface area contributed by atoms with Gasteiger partial charge in [-0.1, -0.05) is 18.7 Å². The Morgan fingerprint density at radius 1 is 1.22 bits per heavy atom. The average Bonchev–Trinajstić information content (AvgIpc) is 2.30. The SMILES string of the molecule is C=C(Oc1cc(N)cc2c(N)cccc12)C(C)=O. The van der Waals surface area contributed by atoms with Crippen molar-refractivity contribution < 1.29 is 9.53 Å². The Bertz CT molecular complexity index is 648. The van der Waals surface area contributed by atoms with Crippen LogP contribution in [-0.4, -0.2) is 5.78 Å². The molecule has 18 heavy (non-hydrogen) atoms. The van der Waals surface area contributed by atoms with Crippen LogP contribution >= 0.6 is 0 Å². The molecular formula is C14H14N2O2. The van der Waals surface area contributed by atoms with Crippen LogP contribution in [0.5, 0.6) is 5.75 Å². The van der Waals surface area contributed by atoms with Crippen LogP contribution < -0.4 is 16.2 Å². The second-order valence-corrected chi connectivity index (χ2v) is 4.04. The largest absolute Gasteiger partial charge is 0.454 e. The molecule has 0 amide bonds. The van der Waals surface area contributed by atoms with E-state index < -0.39 is 0 Å². The van der Waals surface area contributed by atoms with E-state index >= 15 is 0 Å². The normalized spacial score (nSPS) is 10.3. The summed E-state index contributed by atoms with van der Waals surface area (Å²) in [6, 6.07) is 8.88. The maximum Gasteiger partial charge on any atom is 0.194 e. The van der Waals surface area contributed by atoms with E-state index in [1.165, 1.54) is 6.92 Å². The van der Waals surface area contributed by atoms with Crippen LogP contribution in [-0.2, 0) is 4.79 Å². The highest BCUT2D eigenvalue weighted by Gasteiger charge is 2.09. The van der Waals surface area contributed by atoms with Gasteiger partial charge in [0.1, 0.15) is 5.75 Å². The highest BCUT2D eigenvalue weighted by molar-refractivity contribution is 5.99. The van der Waals surface area contributed by atoms with E-state index in [-0.39, 0.29) is 11.5 Å². The molecular weight excluding hydrogens is 228 g/mol. The van der Waals surface area contributed by atoms with Gasteiger partial charge in [-0.05, 0) is 12.1 Å². The maximum absolute atomic E-state index is 11.2. The van der Waals surface area contributed by atoms with E-state index in [0.29, 0.717) is 17.1 Å². The van der Waals surface area contributed by atoms with Crippen molar-refractivity contribution in [3.8, 4) is 5.75 Å². The number of ketones is 1. The molecule has 0 radical (unpaired) electrons. The summed E-state index contributed by atoms with van der Waals surface area (Å²) in [6.07, 6.45) is 0. The molecule has 2 aromatic carbocycles. The first-order chi connectivity index (χ1) is 8.49. The zero-order valence-electron chi connectivity index (χ0n) is 10.1. The van der Waals surface area contributed by atoms with E-state index in [9.17, 15) is 4.79 Å². The van der Waals surface area contributed by atoms with Crippen LogP contribution in [0.3, 0.4) is 0 Å². The molecule has 2 aromatic rings. The first-order valence-electron chi connectivity index (χ1n) is 5.44. The Hall–Kier alpha value is -2.49. The maximum atomic E-state index is 11.2. The van der Waals surface area contributed by atoms with Crippen LogP contribution in [0.25, 0.3) is 10.8 Å². The number of Topliss-reactive ketones (excluding diaryl/α,β-unsaturated/α-hetero) is 1. The van der Waals surface area contributed by atoms with Crippen molar-refractivity contribution in [1.29, 1.82) is 0 Å². The summed E-state index contributed by atoms with van der Waals surface area (Å²) in [7, 11) is 0. The molecule has 0 saturated heterocycles. The average molecular weight is 242 g/mol. The summed E-state index contributed by atoms with van der Waals surface area (Å²) >= 11 is 0. The first-order valence-corrected chi connectivity index (χ1v) is 5.44. The highest BCUT2D eigenvalue weighted by Crippen LogP contribution is 2.33. The van der Waals surface area contributed by atoms with E-state index in [1.54, 1.807) is 18.2 Å². The van der Waals surface area contributed by atoms with Gasteiger partial charge in [-0.15, -0.1) is 0 Å². The lowest BCUT2D eigenvalue weighted by atomic mass is 10.1. The minimum atomic E-state index is -0.227. The smallest absolute Gasteiger partial charge is 0.194 e. The Balaban J connectivity index is 2.60. The van der Waals surface area contributed by atoms with E-state index in [4.69, 9.17) is 16.2 Å². The van der Waals surface area contributed by atoms with Crippen molar-refractivity contribution in [1.82, 2.24) is 0 Å². The number of ether oxygens (including phenoxy) is 1. The minimum Gasteiger partial charge on any atom is -0.454 e. The summed E-state index contributed by atoms with van der Waals surface area (Å²) in [4.78, 5) is 11.2. The summed E-state index contributed by atoms with van der Waals surface area (Å²) in [5.41, 5.74) is 12.8. The van der Waals surface area contributed by atoms with Gasteiger partial charge in [0.2, 0.25) is 0 Å². The lowest BCUT2D eigenvalue weighted by molar-refractivity contribution is -0.115. The third-order valence-electron chi connectivity index (χ3n) is 2.64.